The molecule has 1 aromatic carbocycles. The highest BCUT2D eigenvalue weighted by atomic mass is 16.3. The van der Waals surface area contributed by atoms with Crippen LogP contribution in [-0.4, -0.2) is 31.1 Å². The van der Waals surface area contributed by atoms with E-state index in [-0.39, 0.29) is 5.75 Å². The number of aromatic hydroxyl groups is 1. The predicted molar refractivity (Wildman–Crippen MR) is 52.1 cm³/mol. The highest BCUT2D eigenvalue weighted by Crippen LogP contribution is 2.16. The van der Waals surface area contributed by atoms with Crippen molar-refractivity contribution in [2.75, 3.05) is 26.9 Å². The van der Waals surface area contributed by atoms with Crippen LogP contribution < -0.4 is 5.73 Å². The molecule has 0 heterocycles. The highest BCUT2D eigenvalue weighted by molar-refractivity contribution is 5.50. The lowest BCUT2D eigenvalue weighted by Gasteiger charge is -1.92. The Kier molecular flexibility index (Phi) is 4.88. The summed E-state index contributed by atoms with van der Waals surface area (Å²) in [5, 5.41) is 8.79. The van der Waals surface area contributed by atoms with Crippen LogP contribution in [0.2, 0.25) is 0 Å². The average Bonchev–Trinajstić information content (AvgIpc) is 1.94. The second-order valence-corrected chi connectivity index (χ2v) is 2.90. The number of hydrogen-bond acceptors (Lipinski definition) is 3. The summed E-state index contributed by atoms with van der Waals surface area (Å²) in [5.41, 5.74) is 5.69. The maximum atomic E-state index is 8.79. The third kappa shape index (κ3) is 5.56. The summed E-state index contributed by atoms with van der Waals surface area (Å²) in [6.45, 7) is 0. The van der Waals surface area contributed by atoms with E-state index in [0.717, 1.165) is 0 Å². The van der Waals surface area contributed by atoms with E-state index in [2.05, 4.69) is 0 Å². The number of hydrogen-bond donors (Lipinski definition) is 2. The van der Waals surface area contributed by atoms with Crippen LogP contribution in [0.3, 0.4) is 0 Å². The van der Waals surface area contributed by atoms with Crippen LogP contribution in [0.15, 0.2) is 24.3 Å². The van der Waals surface area contributed by atoms with Crippen molar-refractivity contribution in [2.24, 2.45) is 0 Å². The van der Waals surface area contributed by atoms with E-state index in [1.165, 1.54) is 0 Å². The van der Waals surface area contributed by atoms with E-state index in [1.807, 2.05) is 26.0 Å². The molecule has 0 aliphatic carbocycles. The summed E-state index contributed by atoms with van der Waals surface area (Å²) >= 11 is 0. The number of nitrogen functional groups attached to an aromatic ring is 1. The molecule has 1 aromatic rings. The standard InChI is InChI=1S/C6H7NO.C3H9N/c7-5-3-1-2-4-6(5)8;1-4(2)3/h1-4,8H,7H2;1-3H3. The summed E-state index contributed by atoms with van der Waals surface area (Å²) in [7, 11) is 6.00. The van der Waals surface area contributed by atoms with Crippen molar-refractivity contribution in [2.45, 2.75) is 0 Å². The number of nitrogens with zero attached hydrogens (tertiary/aromatic N) is 1. The van der Waals surface area contributed by atoms with Gasteiger partial charge in [-0.05, 0) is 33.3 Å². The summed E-state index contributed by atoms with van der Waals surface area (Å²) in [6.07, 6.45) is 0. The van der Waals surface area contributed by atoms with Crippen molar-refractivity contribution >= 4 is 5.69 Å². The minimum absolute atomic E-state index is 0.146. The number of para-hydroxylation sites is 2. The summed E-state index contributed by atoms with van der Waals surface area (Å²) < 4.78 is 0. The van der Waals surface area contributed by atoms with Crippen LogP contribution in [-0.2, 0) is 0 Å². The van der Waals surface area contributed by atoms with Gasteiger partial charge >= 0.3 is 0 Å². The molecule has 0 aliphatic heterocycles. The van der Waals surface area contributed by atoms with E-state index in [1.54, 1.807) is 24.3 Å². The lowest BCUT2D eigenvalue weighted by atomic mass is 10.3. The first-order valence-corrected chi connectivity index (χ1v) is 3.68. The number of nitrogens with two attached hydrogens (primary N) is 1. The quantitative estimate of drug-likeness (QED) is 0.451. The summed E-state index contributed by atoms with van der Waals surface area (Å²) in [4.78, 5) is 2.00. The van der Waals surface area contributed by atoms with Gasteiger partial charge in [-0.25, -0.2) is 0 Å². The number of phenolic OH excluding ortho intramolecular Hbond substituents is 1. The zero-order valence-corrected chi connectivity index (χ0v) is 7.78. The third-order valence-corrected chi connectivity index (χ3v) is 0.937. The van der Waals surface area contributed by atoms with Crippen LogP contribution in [0.5, 0.6) is 5.75 Å². The van der Waals surface area contributed by atoms with Crippen LogP contribution in [0.1, 0.15) is 0 Å². The summed E-state index contributed by atoms with van der Waals surface area (Å²) in [5.74, 6) is 0.146. The molecule has 0 amide bonds. The van der Waals surface area contributed by atoms with E-state index in [0.29, 0.717) is 5.69 Å². The highest BCUT2D eigenvalue weighted by Gasteiger charge is 1.87. The Labute approximate surface area is 73.4 Å². The van der Waals surface area contributed by atoms with Crippen molar-refractivity contribution < 1.29 is 5.11 Å². The van der Waals surface area contributed by atoms with Gasteiger partial charge in [0.2, 0.25) is 0 Å². The fourth-order valence-corrected chi connectivity index (χ4v) is 0.488. The van der Waals surface area contributed by atoms with E-state index < -0.39 is 0 Å². The zero-order chi connectivity index (χ0) is 9.56. The monoisotopic (exact) mass is 168 g/mol. The van der Waals surface area contributed by atoms with Gasteiger partial charge < -0.3 is 15.7 Å². The molecule has 1 rings (SSSR count). The molecule has 68 valence electrons. The minimum atomic E-state index is 0.146. The van der Waals surface area contributed by atoms with Crippen LogP contribution in [0, 0.1) is 0 Å². The fourth-order valence-electron chi connectivity index (χ4n) is 0.488. The maximum absolute atomic E-state index is 8.79. The SMILES string of the molecule is CN(C)C.Nc1ccccc1O. The Balaban J connectivity index is 0.000000261. The molecular formula is C9H16N2O. The van der Waals surface area contributed by atoms with Gasteiger partial charge in [-0.15, -0.1) is 0 Å². The minimum Gasteiger partial charge on any atom is -0.506 e. The molecule has 0 saturated carbocycles. The first-order chi connectivity index (χ1) is 5.54. The molecule has 3 heteroatoms. The van der Waals surface area contributed by atoms with Gasteiger partial charge in [0.15, 0.2) is 0 Å². The second-order valence-electron chi connectivity index (χ2n) is 2.90. The molecule has 0 fully saturated rings. The number of phenols is 1. The molecule has 3 N–H and O–H groups in total. The van der Waals surface area contributed by atoms with E-state index >= 15 is 0 Å². The first-order valence-electron chi connectivity index (χ1n) is 3.68. The Hall–Kier alpha value is -1.22. The Morgan fingerprint density at radius 2 is 1.58 bits per heavy atom. The molecule has 0 bridgehead atoms. The molecule has 3 nitrogen and oxygen atoms in total. The number of anilines is 1. The van der Waals surface area contributed by atoms with Crippen LogP contribution in [0.4, 0.5) is 5.69 Å². The number of benzene rings is 1. The smallest absolute Gasteiger partial charge is 0.138 e. The molecule has 0 aliphatic rings. The lowest BCUT2D eigenvalue weighted by molar-refractivity contribution is 0.478. The topological polar surface area (TPSA) is 49.5 Å². The lowest BCUT2D eigenvalue weighted by Crippen LogP contribution is -1.99. The van der Waals surface area contributed by atoms with Crippen molar-refractivity contribution in [1.82, 2.24) is 4.90 Å². The number of rotatable bonds is 0. The Morgan fingerprint density at radius 3 is 1.83 bits per heavy atom. The van der Waals surface area contributed by atoms with Gasteiger partial charge in [0.25, 0.3) is 0 Å². The molecule has 12 heavy (non-hydrogen) atoms. The Bertz CT molecular complexity index is 200. The van der Waals surface area contributed by atoms with Crippen molar-refractivity contribution in [3.63, 3.8) is 0 Å². The molecular weight excluding hydrogens is 152 g/mol. The molecule has 0 atom stereocenters. The van der Waals surface area contributed by atoms with E-state index in [9.17, 15) is 0 Å². The van der Waals surface area contributed by atoms with Crippen LogP contribution in [0.25, 0.3) is 0 Å². The Morgan fingerprint density at radius 1 is 1.17 bits per heavy atom. The van der Waals surface area contributed by atoms with Crippen LogP contribution >= 0.6 is 0 Å². The van der Waals surface area contributed by atoms with Gasteiger partial charge in [0, 0.05) is 0 Å². The molecule has 0 unspecified atom stereocenters. The van der Waals surface area contributed by atoms with E-state index in [4.69, 9.17) is 10.8 Å². The summed E-state index contributed by atoms with van der Waals surface area (Å²) in [6, 6.07) is 6.70. The van der Waals surface area contributed by atoms with Crippen molar-refractivity contribution in [3.05, 3.63) is 24.3 Å². The maximum Gasteiger partial charge on any atom is 0.138 e. The van der Waals surface area contributed by atoms with Gasteiger partial charge in [-0.3, -0.25) is 0 Å². The van der Waals surface area contributed by atoms with Gasteiger partial charge in [-0.2, -0.15) is 0 Å². The molecule has 0 aromatic heterocycles. The predicted octanol–water partition coefficient (Wildman–Crippen LogP) is 1.15. The van der Waals surface area contributed by atoms with Gasteiger partial charge in [0.05, 0.1) is 5.69 Å². The average molecular weight is 168 g/mol. The first kappa shape index (κ1) is 10.8. The van der Waals surface area contributed by atoms with Gasteiger partial charge in [0.1, 0.15) is 5.75 Å². The fraction of sp³-hybridized carbons (Fsp3) is 0.333. The zero-order valence-electron chi connectivity index (χ0n) is 7.78. The molecule has 0 spiro atoms. The second kappa shape index (κ2) is 5.43. The molecule has 0 radical (unpaired) electrons. The normalized spacial score (nSPS) is 9.00. The molecule has 0 saturated heterocycles. The van der Waals surface area contributed by atoms with Crippen molar-refractivity contribution in [3.8, 4) is 5.75 Å². The van der Waals surface area contributed by atoms with Crippen molar-refractivity contribution in [1.29, 1.82) is 0 Å². The largest absolute Gasteiger partial charge is 0.506 e. The van der Waals surface area contributed by atoms with Gasteiger partial charge in [-0.1, -0.05) is 12.1 Å². The third-order valence-electron chi connectivity index (χ3n) is 0.937.